The van der Waals surface area contributed by atoms with Gasteiger partial charge < -0.3 is 19.9 Å². The summed E-state index contributed by atoms with van der Waals surface area (Å²) >= 11 is 0. The Hall–Kier alpha value is -3.12. The summed E-state index contributed by atoms with van der Waals surface area (Å²) in [6, 6.07) is 15.7. The Balaban J connectivity index is 1.41. The maximum absolute atomic E-state index is 13.3. The van der Waals surface area contributed by atoms with Gasteiger partial charge in [0.2, 0.25) is 5.91 Å². The number of aryl methyl sites for hydroxylation is 1. The minimum absolute atomic E-state index is 0.0165. The van der Waals surface area contributed by atoms with Crippen LogP contribution in [0.4, 0.5) is 0 Å². The van der Waals surface area contributed by atoms with Gasteiger partial charge >= 0.3 is 0 Å². The van der Waals surface area contributed by atoms with Crippen molar-refractivity contribution in [2.45, 2.75) is 38.3 Å². The number of nitrogens with zero attached hydrogens (tertiary/aromatic N) is 1. The first-order valence-corrected chi connectivity index (χ1v) is 11.0. The summed E-state index contributed by atoms with van der Waals surface area (Å²) in [5, 5.41) is 4.08. The smallest absolute Gasteiger partial charge is 0.255 e. The van der Waals surface area contributed by atoms with Gasteiger partial charge in [-0.15, -0.1) is 0 Å². The van der Waals surface area contributed by atoms with E-state index in [4.69, 9.17) is 4.74 Å². The predicted octanol–water partition coefficient (Wildman–Crippen LogP) is 3.71. The van der Waals surface area contributed by atoms with Crippen LogP contribution >= 0.6 is 0 Å². The van der Waals surface area contributed by atoms with Gasteiger partial charge in [0.05, 0.1) is 12.1 Å². The van der Waals surface area contributed by atoms with Crippen LogP contribution in [0.15, 0.2) is 48.5 Å². The summed E-state index contributed by atoms with van der Waals surface area (Å²) < 4.78 is 5.58. The molecule has 5 rings (SSSR count). The number of hydrogen-bond acceptors (Lipinski definition) is 3. The molecule has 3 heterocycles. The molecule has 2 N–H and O–H groups in total. The zero-order chi connectivity index (χ0) is 21.4. The second-order valence-corrected chi connectivity index (χ2v) is 8.39. The van der Waals surface area contributed by atoms with E-state index in [-0.39, 0.29) is 30.4 Å². The van der Waals surface area contributed by atoms with E-state index in [1.54, 1.807) is 0 Å². The molecule has 2 amide bonds. The third-order valence-corrected chi connectivity index (χ3v) is 6.41. The fraction of sp³-hybridized carbons (Fsp3) is 0.360. The van der Waals surface area contributed by atoms with Gasteiger partial charge in [0.1, 0.15) is 0 Å². The molecule has 0 radical (unpaired) electrons. The zero-order valence-corrected chi connectivity index (χ0v) is 17.7. The molecule has 0 bridgehead atoms. The number of carbonyl (C=O) groups is 2. The molecule has 2 atom stereocenters. The summed E-state index contributed by atoms with van der Waals surface area (Å²) in [6.45, 7) is 3.73. The minimum Gasteiger partial charge on any atom is -0.376 e. The number of para-hydroxylation sites is 1. The lowest BCUT2D eigenvalue weighted by Crippen LogP contribution is -2.36. The fourth-order valence-electron chi connectivity index (χ4n) is 4.91. The van der Waals surface area contributed by atoms with E-state index in [1.807, 2.05) is 48.2 Å². The Bertz CT molecular complexity index is 1130. The number of fused-ring (bicyclic) bond motifs is 2. The van der Waals surface area contributed by atoms with Gasteiger partial charge in [-0.05, 0) is 37.5 Å². The molecule has 6 nitrogen and oxygen atoms in total. The normalized spacial score (nSPS) is 20.4. The molecule has 0 spiro atoms. The van der Waals surface area contributed by atoms with E-state index in [1.165, 1.54) is 0 Å². The highest BCUT2D eigenvalue weighted by Gasteiger charge is 2.39. The maximum atomic E-state index is 13.3. The Labute approximate surface area is 181 Å². The lowest BCUT2D eigenvalue weighted by atomic mass is 9.95. The summed E-state index contributed by atoms with van der Waals surface area (Å²) in [7, 11) is 0. The third-order valence-electron chi connectivity index (χ3n) is 6.41. The number of H-pyrrole nitrogens is 1. The lowest BCUT2D eigenvalue weighted by molar-refractivity contribution is -0.121. The van der Waals surface area contributed by atoms with Crippen LogP contribution in [0, 0.1) is 6.92 Å². The van der Waals surface area contributed by atoms with Crippen molar-refractivity contribution in [1.29, 1.82) is 0 Å². The van der Waals surface area contributed by atoms with E-state index in [0.717, 1.165) is 52.7 Å². The number of amides is 2. The average Bonchev–Trinajstić information content (AvgIpc) is 3.48. The standard InChI is InChI=1S/C25H27N3O3/c1-16-23(20-10-4-5-11-21(20)27-16)24-18-8-2-3-9-19(18)25(30)28(24)13-12-22(29)26-15-17-7-6-14-31-17/h2-5,8-11,17,24,27H,6-7,12-15H2,1H3,(H,26,29). The summed E-state index contributed by atoms with van der Waals surface area (Å²) in [5.74, 6) is -0.0640. The van der Waals surface area contributed by atoms with Crippen LogP contribution in [-0.4, -0.2) is 47.5 Å². The molecule has 1 fully saturated rings. The minimum atomic E-state index is -0.203. The third kappa shape index (κ3) is 3.61. The molecule has 3 aromatic rings. The van der Waals surface area contributed by atoms with Gasteiger partial charge in [-0.2, -0.15) is 0 Å². The van der Waals surface area contributed by atoms with Crippen LogP contribution in [0.2, 0.25) is 0 Å². The molecule has 0 saturated carbocycles. The molecule has 160 valence electrons. The lowest BCUT2D eigenvalue weighted by Gasteiger charge is -2.26. The van der Waals surface area contributed by atoms with Crippen molar-refractivity contribution in [3.05, 3.63) is 70.9 Å². The number of rotatable bonds is 6. The first-order chi connectivity index (χ1) is 15.1. The number of carbonyl (C=O) groups excluding carboxylic acids is 2. The topological polar surface area (TPSA) is 74.4 Å². The molecule has 1 aromatic heterocycles. The Morgan fingerprint density at radius 2 is 2.00 bits per heavy atom. The number of aromatic nitrogens is 1. The first kappa shape index (κ1) is 19.8. The van der Waals surface area contributed by atoms with E-state index < -0.39 is 0 Å². The summed E-state index contributed by atoms with van der Waals surface area (Å²) in [5.41, 5.74) is 4.93. The van der Waals surface area contributed by atoms with E-state index in [0.29, 0.717) is 13.1 Å². The fourth-order valence-corrected chi connectivity index (χ4v) is 4.91. The van der Waals surface area contributed by atoms with Crippen molar-refractivity contribution in [1.82, 2.24) is 15.2 Å². The van der Waals surface area contributed by atoms with Gasteiger partial charge in [-0.3, -0.25) is 9.59 Å². The molecule has 2 aliphatic heterocycles. The van der Waals surface area contributed by atoms with E-state index >= 15 is 0 Å². The van der Waals surface area contributed by atoms with Gasteiger partial charge in [0.15, 0.2) is 0 Å². The highest BCUT2D eigenvalue weighted by Crippen LogP contribution is 2.42. The average molecular weight is 418 g/mol. The van der Waals surface area contributed by atoms with Crippen molar-refractivity contribution in [3.8, 4) is 0 Å². The van der Waals surface area contributed by atoms with Crippen molar-refractivity contribution < 1.29 is 14.3 Å². The maximum Gasteiger partial charge on any atom is 0.255 e. The van der Waals surface area contributed by atoms with Crippen molar-refractivity contribution >= 4 is 22.7 Å². The van der Waals surface area contributed by atoms with Crippen LogP contribution < -0.4 is 5.32 Å². The van der Waals surface area contributed by atoms with Crippen molar-refractivity contribution in [2.75, 3.05) is 19.7 Å². The van der Waals surface area contributed by atoms with Crippen LogP contribution in [0.1, 0.15) is 52.5 Å². The molecule has 0 aliphatic carbocycles. The number of hydrogen-bond donors (Lipinski definition) is 2. The molecule has 2 aromatic carbocycles. The number of aromatic amines is 1. The molecule has 1 saturated heterocycles. The molecular weight excluding hydrogens is 390 g/mol. The van der Waals surface area contributed by atoms with Gasteiger partial charge in [0, 0.05) is 53.8 Å². The van der Waals surface area contributed by atoms with Crippen LogP contribution in [-0.2, 0) is 9.53 Å². The van der Waals surface area contributed by atoms with Gasteiger partial charge in [-0.1, -0.05) is 36.4 Å². The monoisotopic (exact) mass is 417 g/mol. The number of benzene rings is 2. The number of nitrogens with one attached hydrogen (secondary N) is 2. The van der Waals surface area contributed by atoms with E-state index in [9.17, 15) is 9.59 Å². The second kappa shape index (κ2) is 8.19. The second-order valence-electron chi connectivity index (χ2n) is 8.39. The molecule has 6 heteroatoms. The molecule has 31 heavy (non-hydrogen) atoms. The van der Waals surface area contributed by atoms with Crippen LogP contribution in [0.25, 0.3) is 10.9 Å². The molecular formula is C25H27N3O3. The summed E-state index contributed by atoms with van der Waals surface area (Å²) in [4.78, 5) is 31.1. The summed E-state index contributed by atoms with van der Waals surface area (Å²) in [6.07, 6.45) is 2.42. The zero-order valence-electron chi connectivity index (χ0n) is 17.7. The Kier molecular flexibility index (Phi) is 5.24. The van der Waals surface area contributed by atoms with Crippen LogP contribution in [0.5, 0.6) is 0 Å². The highest BCUT2D eigenvalue weighted by atomic mass is 16.5. The first-order valence-electron chi connectivity index (χ1n) is 11.0. The van der Waals surface area contributed by atoms with Gasteiger partial charge in [0.25, 0.3) is 5.91 Å². The SMILES string of the molecule is Cc1[nH]c2ccccc2c1C1c2ccccc2C(=O)N1CCC(=O)NCC1CCCO1. The predicted molar refractivity (Wildman–Crippen MR) is 119 cm³/mol. The Morgan fingerprint density at radius 3 is 2.84 bits per heavy atom. The molecule has 2 unspecified atom stereocenters. The quantitative estimate of drug-likeness (QED) is 0.642. The van der Waals surface area contributed by atoms with Gasteiger partial charge in [-0.25, -0.2) is 0 Å². The number of ether oxygens (including phenoxy) is 1. The van der Waals surface area contributed by atoms with E-state index in [2.05, 4.69) is 22.4 Å². The largest absolute Gasteiger partial charge is 0.376 e. The molecule has 2 aliphatic rings. The van der Waals surface area contributed by atoms with Crippen molar-refractivity contribution in [2.24, 2.45) is 0 Å². The van der Waals surface area contributed by atoms with Crippen LogP contribution in [0.3, 0.4) is 0 Å². The highest BCUT2D eigenvalue weighted by molar-refractivity contribution is 6.01. The Morgan fingerprint density at radius 1 is 1.19 bits per heavy atom. The van der Waals surface area contributed by atoms with Crippen molar-refractivity contribution in [3.63, 3.8) is 0 Å².